The smallest absolute Gasteiger partial charge is 0.123 e. The lowest BCUT2D eigenvalue weighted by Gasteiger charge is -2.25. The van der Waals surface area contributed by atoms with Gasteiger partial charge in [0.05, 0.1) is 0 Å². The SMILES string of the molecule is CC(C)CNCC1CCCN1Cc1cc(F)ccc1Cl. The summed E-state index contributed by atoms with van der Waals surface area (Å²) in [6.07, 6.45) is 2.42. The van der Waals surface area contributed by atoms with Crippen LogP contribution in [0.2, 0.25) is 5.02 Å². The maximum absolute atomic E-state index is 13.3. The van der Waals surface area contributed by atoms with Crippen molar-refractivity contribution in [3.05, 3.63) is 34.6 Å². The van der Waals surface area contributed by atoms with E-state index in [1.807, 2.05) is 0 Å². The predicted octanol–water partition coefficient (Wildman–Crippen LogP) is 3.69. The number of rotatable bonds is 6. The van der Waals surface area contributed by atoms with Crippen LogP contribution in [0.5, 0.6) is 0 Å². The third kappa shape index (κ3) is 4.44. The quantitative estimate of drug-likeness (QED) is 0.862. The highest BCUT2D eigenvalue weighted by molar-refractivity contribution is 6.31. The van der Waals surface area contributed by atoms with E-state index in [4.69, 9.17) is 11.6 Å². The minimum absolute atomic E-state index is 0.210. The van der Waals surface area contributed by atoms with E-state index in [9.17, 15) is 4.39 Å². The van der Waals surface area contributed by atoms with Crippen LogP contribution in [0.15, 0.2) is 18.2 Å². The van der Waals surface area contributed by atoms with Crippen molar-refractivity contribution in [2.45, 2.75) is 39.3 Å². The van der Waals surface area contributed by atoms with Crippen molar-refractivity contribution in [3.8, 4) is 0 Å². The van der Waals surface area contributed by atoms with E-state index in [1.54, 1.807) is 12.1 Å². The monoisotopic (exact) mass is 298 g/mol. The number of halogens is 2. The fourth-order valence-corrected chi connectivity index (χ4v) is 2.93. The Balaban J connectivity index is 1.92. The lowest BCUT2D eigenvalue weighted by Crippen LogP contribution is -2.38. The van der Waals surface area contributed by atoms with Crippen molar-refractivity contribution in [1.29, 1.82) is 0 Å². The molecule has 1 N–H and O–H groups in total. The molecule has 1 fully saturated rings. The Morgan fingerprint density at radius 2 is 2.25 bits per heavy atom. The summed E-state index contributed by atoms with van der Waals surface area (Å²) in [6, 6.07) is 5.15. The van der Waals surface area contributed by atoms with E-state index in [0.29, 0.717) is 17.0 Å². The summed E-state index contributed by atoms with van der Waals surface area (Å²) in [5.74, 6) is 0.459. The van der Waals surface area contributed by atoms with Crippen LogP contribution in [-0.4, -0.2) is 30.6 Å². The van der Waals surface area contributed by atoms with E-state index in [2.05, 4.69) is 24.1 Å². The molecule has 0 aliphatic carbocycles. The van der Waals surface area contributed by atoms with Crippen LogP contribution in [0.4, 0.5) is 4.39 Å². The Hall–Kier alpha value is -0.640. The minimum atomic E-state index is -0.210. The molecule has 0 bridgehead atoms. The average Bonchev–Trinajstić information content (AvgIpc) is 2.81. The summed E-state index contributed by atoms with van der Waals surface area (Å²) < 4.78 is 13.3. The molecule has 1 aliphatic rings. The zero-order chi connectivity index (χ0) is 14.5. The van der Waals surface area contributed by atoms with Crippen molar-refractivity contribution < 1.29 is 4.39 Å². The highest BCUT2D eigenvalue weighted by Gasteiger charge is 2.24. The Morgan fingerprint density at radius 3 is 3.00 bits per heavy atom. The predicted molar refractivity (Wildman–Crippen MR) is 82.5 cm³/mol. The fraction of sp³-hybridized carbons (Fsp3) is 0.625. The Morgan fingerprint density at radius 1 is 1.45 bits per heavy atom. The van der Waals surface area contributed by atoms with Gasteiger partial charge in [-0.2, -0.15) is 0 Å². The van der Waals surface area contributed by atoms with E-state index in [0.717, 1.165) is 31.7 Å². The van der Waals surface area contributed by atoms with Gasteiger partial charge in [0.1, 0.15) is 5.82 Å². The Labute approximate surface area is 126 Å². The molecular formula is C16H24ClFN2. The van der Waals surface area contributed by atoms with E-state index in [-0.39, 0.29) is 5.82 Å². The van der Waals surface area contributed by atoms with Gasteiger partial charge in [-0.3, -0.25) is 4.90 Å². The first-order valence-electron chi connectivity index (χ1n) is 7.45. The lowest BCUT2D eigenvalue weighted by atomic mass is 10.1. The largest absolute Gasteiger partial charge is 0.315 e. The fourth-order valence-electron chi connectivity index (χ4n) is 2.76. The van der Waals surface area contributed by atoms with E-state index >= 15 is 0 Å². The molecule has 0 saturated carbocycles. The molecule has 112 valence electrons. The standard InChI is InChI=1S/C16H24ClFN2/c1-12(2)9-19-10-15-4-3-7-20(15)11-13-8-14(18)5-6-16(13)17/h5-6,8,12,15,19H,3-4,7,9-11H2,1-2H3. The van der Waals surface area contributed by atoms with Crippen LogP contribution in [0.3, 0.4) is 0 Å². The summed E-state index contributed by atoms with van der Waals surface area (Å²) in [5.41, 5.74) is 0.891. The summed E-state index contributed by atoms with van der Waals surface area (Å²) in [6.45, 7) is 8.29. The van der Waals surface area contributed by atoms with Crippen LogP contribution in [0.1, 0.15) is 32.3 Å². The molecule has 0 amide bonds. The van der Waals surface area contributed by atoms with Crippen LogP contribution in [0.25, 0.3) is 0 Å². The molecule has 1 aromatic rings. The second kappa shape index (κ2) is 7.39. The van der Waals surface area contributed by atoms with Crippen molar-refractivity contribution in [2.24, 2.45) is 5.92 Å². The summed E-state index contributed by atoms with van der Waals surface area (Å²) >= 11 is 6.16. The minimum Gasteiger partial charge on any atom is -0.315 e. The number of likely N-dealkylation sites (tertiary alicyclic amines) is 1. The highest BCUT2D eigenvalue weighted by Crippen LogP contribution is 2.24. The van der Waals surface area contributed by atoms with Crippen molar-refractivity contribution in [1.82, 2.24) is 10.2 Å². The third-order valence-electron chi connectivity index (χ3n) is 3.81. The van der Waals surface area contributed by atoms with Gasteiger partial charge in [0.2, 0.25) is 0 Å². The highest BCUT2D eigenvalue weighted by atomic mass is 35.5. The molecule has 0 aromatic heterocycles. The van der Waals surface area contributed by atoms with E-state index < -0.39 is 0 Å². The molecule has 1 unspecified atom stereocenters. The number of nitrogens with zero attached hydrogens (tertiary/aromatic N) is 1. The van der Waals surface area contributed by atoms with Gasteiger partial charge in [-0.05, 0) is 55.6 Å². The normalized spacial score (nSPS) is 19.9. The van der Waals surface area contributed by atoms with Gasteiger partial charge >= 0.3 is 0 Å². The summed E-state index contributed by atoms with van der Waals surface area (Å²) in [4.78, 5) is 2.41. The van der Waals surface area contributed by atoms with E-state index in [1.165, 1.54) is 18.9 Å². The Bertz CT molecular complexity index is 436. The first-order chi connectivity index (χ1) is 9.56. The number of nitrogens with one attached hydrogen (secondary N) is 1. The molecule has 1 aliphatic heterocycles. The van der Waals surface area contributed by atoms with Crippen LogP contribution < -0.4 is 5.32 Å². The van der Waals surface area contributed by atoms with Crippen LogP contribution in [0, 0.1) is 11.7 Å². The summed E-state index contributed by atoms with van der Waals surface area (Å²) in [5, 5.41) is 4.18. The van der Waals surface area contributed by atoms with Crippen LogP contribution in [-0.2, 0) is 6.54 Å². The second-order valence-corrected chi connectivity index (χ2v) is 6.46. The molecule has 4 heteroatoms. The molecule has 1 atom stereocenters. The van der Waals surface area contributed by atoms with Gasteiger partial charge < -0.3 is 5.32 Å². The molecule has 20 heavy (non-hydrogen) atoms. The van der Waals surface area contributed by atoms with Crippen molar-refractivity contribution in [2.75, 3.05) is 19.6 Å². The zero-order valence-electron chi connectivity index (χ0n) is 12.3. The van der Waals surface area contributed by atoms with Crippen molar-refractivity contribution >= 4 is 11.6 Å². The third-order valence-corrected chi connectivity index (χ3v) is 4.18. The van der Waals surface area contributed by atoms with Gasteiger partial charge in [-0.15, -0.1) is 0 Å². The number of hydrogen-bond donors (Lipinski definition) is 1. The molecule has 1 heterocycles. The van der Waals surface area contributed by atoms with Crippen molar-refractivity contribution in [3.63, 3.8) is 0 Å². The molecule has 2 nitrogen and oxygen atoms in total. The topological polar surface area (TPSA) is 15.3 Å². The number of benzene rings is 1. The van der Waals surface area contributed by atoms with Gasteiger partial charge in [0, 0.05) is 24.2 Å². The van der Waals surface area contributed by atoms with Gasteiger partial charge in [0.25, 0.3) is 0 Å². The first-order valence-corrected chi connectivity index (χ1v) is 7.82. The lowest BCUT2D eigenvalue weighted by molar-refractivity contribution is 0.237. The maximum Gasteiger partial charge on any atom is 0.123 e. The average molecular weight is 299 g/mol. The van der Waals surface area contributed by atoms with Gasteiger partial charge in [0.15, 0.2) is 0 Å². The second-order valence-electron chi connectivity index (χ2n) is 6.05. The van der Waals surface area contributed by atoms with Crippen LogP contribution >= 0.6 is 11.6 Å². The molecule has 2 rings (SSSR count). The molecule has 0 spiro atoms. The molecule has 0 radical (unpaired) electrons. The Kier molecular flexibility index (Phi) is 5.82. The molecular weight excluding hydrogens is 275 g/mol. The number of hydrogen-bond acceptors (Lipinski definition) is 2. The maximum atomic E-state index is 13.3. The molecule has 1 saturated heterocycles. The summed E-state index contributed by atoms with van der Waals surface area (Å²) in [7, 11) is 0. The van der Waals surface area contributed by atoms with Gasteiger partial charge in [-0.25, -0.2) is 4.39 Å². The zero-order valence-corrected chi connectivity index (χ0v) is 13.1. The first kappa shape index (κ1) is 15.7. The van der Waals surface area contributed by atoms with Gasteiger partial charge in [-0.1, -0.05) is 25.4 Å². The molecule has 1 aromatic carbocycles.